The molecule has 0 radical (unpaired) electrons. The van der Waals surface area contributed by atoms with E-state index in [1.54, 1.807) is 12.1 Å². The number of rotatable bonds is 8. The number of sulfonamides is 1. The highest BCUT2D eigenvalue weighted by Gasteiger charge is 2.27. The van der Waals surface area contributed by atoms with Gasteiger partial charge in [0.25, 0.3) is 0 Å². The molecule has 2 aliphatic heterocycles. The summed E-state index contributed by atoms with van der Waals surface area (Å²) in [7, 11) is -3.56. The molecule has 2 aromatic rings. The van der Waals surface area contributed by atoms with E-state index in [4.69, 9.17) is 4.74 Å². The summed E-state index contributed by atoms with van der Waals surface area (Å²) in [6.07, 6.45) is 2.30. The van der Waals surface area contributed by atoms with E-state index in [0.717, 1.165) is 26.1 Å². The number of carbonyl (C=O) groups is 1. The molecule has 0 unspecified atom stereocenters. The molecule has 0 saturated carbocycles. The van der Waals surface area contributed by atoms with Crippen LogP contribution in [0.4, 0.5) is 0 Å². The number of nitrogens with zero attached hydrogens (tertiary/aromatic N) is 3. The molecule has 1 atom stereocenters. The van der Waals surface area contributed by atoms with Crippen molar-refractivity contribution in [2.24, 2.45) is 0 Å². The van der Waals surface area contributed by atoms with Crippen molar-refractivity contribution in [3.8, 4) is 0 Å². The van der Waals surface area contributed by atoms with Crippen molar-refractivity contribution >= 4 is 27.7 Å². The average Bonchev–Trinajstić information content (AvgIpc) is 3.25. The van der Waals surface area contributed by atoms with Crippen molar-refractivity contribution in [3.05, 3.63) is 54.2 Å². The number of morpholine rings is 1. The summed E-state index contributed by atoms with van der Waals surface area (Å²) < 4.78 is 31.9. The molecule has 2 fully saturated rings. The van der Waals surface area contributed by atoms with Crippen LogP contribution < -0.4 is 5.32 Å². The number of aromatic nitrogens is 1. The molecule has 1 amide bonds. The number of likely N-dealkylation sites (tertiary alicyclic amines) is 1. The van der Waals surface area contributed by atoms with Crippen LogP contribution in [0.1, 0.15) is 12.0 Å². The molecule has 1 aromatic heterocycles. The van der Waals surface area contributed by atoms with E-state index in [9.17, 15) is 13.2 Å². The molecule has 2 aliphatic rings. The number of thioether (sulfide) groups is 1. The van der Waals surface area contributed by atoms with Gasteiger partial charge in [0.15, 0.2) is 0 Å². The Labute approximate surface area is 193 Å². The van der Waals surface area contributed by atoms with Crippen molar-refractivity contribution in [3.63, 3.8) is 0 Å². The lowest BCUT2D eigenvalue weighted by atomic mass is 10.2. The highest BCUT2D eigenvalue weighted by atomic mass is 32.2. The smallest absolute Gasteiger partial charge is 0.244 e. The number of amides is 1. The number of ether oxygens (including phenoxy) is 1. The Hall–Kier alpha value is -1.98. The van der Waals surface area contributed by atoms with E-state index >= 15 is 0 Å². The monoisotopic (exact) mass is 476 g/mol. The molecule has 172 valence electrons. The molecule has 4 rings (SSSR count). The van der Waals surface area contributed by atoms with E-state index < -0.39 is 10.0 Å². The van der Waals surface area contributed by atoms with E-state index in [-0.39, 0.29) is 22.6 Å². The van der Waals surface area contributed by atoms with Gasteiger partial charge in [-0.2, -0.15) is 4.31 Å². The minimum Gasteiger partial charge on any atom is -0.379 e. The first-order chi connectivity index (χ1) is 15.5. The van der Waals surface area contributed by atoms with E-state index in [1.165, 1.54) is 27.8 Å². The summed E-state index contributed by atoms with van der Waals surface area (Å²) in [6.45, 7) is 4.21. The molecule has 2 saturated heterocycles. The van der Waals surface area contributed by atoms with Crippen LogP contribution in [-0.4, -0.2) is 79.7 Å². The number of nitrogens with one attached hydrogen (secondary N) is 1. The molecule has 0 bridgehead atoms. The molecular weight excluding hydrogens is 448 g/mol. The maximum Gasteiger partial charge on any atom is 0.244 e. The van der Waals surface area contributed by atoms with Crippen molar-refractivity contribution in [2.75, 3.05) is 45.1 Å². The number of benzene rings is 1. The normalized spacial score (nSPS) is 20.3. The largest absolute Gasteiger partial charge is 0.379 e. The zero-order valence-corrected chi connectivity index (χ0v) is 19.5. The summed E-state index contributed by atoms with van der Waals surface area (Å²) in [5, 5.41) is 3.72. The first kappa shape index (κ1) is 23.2. The van der Waals surface area contributed by atoms with E-state index in [0.29, 0.717) is 31.3 Å². The fourth-order valence-electron chi connectivity index (χ4n) is 3.89. The average molecular weight is 477 g/mol. The first-order valence-electron chi connectivity index (χ1n) is 10.7. The zero-order chi connectivity index (χ0) is 22.4. The highest BCUT2D eigenvalue weighted by Crippen LogP contribution is 2.21. The van der Waals surface area contributed by atoms with Crippen molar-refractivity contribution < 1.29 is 17.9 Å². The topological polar surface area (TPSA) is 91.8 Å². The van der Waals surface area contributed by atoms with Gasteiger partial charge in [-0.3, -0.25) is 9.69 Å². The van der Waals surface area contributed by atoms with Gasteiger partial charge in [-0.1, -0.05) is 42.1 Å². The maximum absolute atomic E-state index is 12.7. The minimum atomic E-state index is -3.56. The molecular formula is C22H28N4O4S2. The quantitative estimate of drug-likeness (QED) is 0.579. The Bertz CT molecular complexity index is 996. The Morgan fingerprint density at radius 1 is 1.12 bits per heavy atom. The molecule has 3 heterocycles. The van der Waals surface area contributed by atoms with Gasteiger partial charge in [-0.15, -0.1) is 0 Å². The number of hydrogen-bond acceptors (Lipinski definition) is 7. The van der Waals surface area contributed by atoms with Gasteiger partial charge in [0, 0.05) is 45.0 Å². The SMILES string of the molecule is O=C(CSc1ccc(S(=O)(=O)N2CCOCC2)cn1)N[C@@H]1CCN(Cc2ccccc2)C1. The van der Waals surface area contributed by atoms with Crippen LogP contribution in [0.25, 0.3) is 0 Å². The number of pyridine rings is 1. The standard InChI is InChI=1S/C22H28N4O4S2/c27-21(24-19-8-9-25(16-19)15-18-4-2-1-3-5-18)17-31-22-7-6-20(14-23-22)32(28,29)26-10-12-30-13-11-26/h1-7,14,19H,8-13,15-17H2,(H,24,27)/t19-/m1/s1. The summed E-state index contributed by atoms with van der Waals surface area (Å²) in [4.78, 5) is 19.1. The third-order valence-electron chi connectivity index (χ3n) is 5.55. The number of carbonyl (C=O) groups excluding carboxylic acids is 1. The Balaban J connectivity index is 1.22. The van der Waals surface area contributed by atoms with Crippen LogP contribution in [0.2, 0.25) is 0 Å². The van der Waals surface area contributed by atoms with Crippen LogP contribution in [-0.2, 0) is 26.1 Å². The lowest BCUT2D eigenvalue weighted by molar-refractivity contribution is -0.119. The fourth-order valence-corrected chi connectivity index (χ4v) is 5.89. The van der Waals surface area contributed by atoms with Crippen LogP contribution in [0.5, 0.6) is 0 Å². The maximum atomic E-state index is 12.7. The Morgan fingerprint density at radius 2 is 1.91 bits per heavy atom. The predicted molar refractivity (Wildman–Crippen MR) is 123 cm³/mol. The molecule has 8 nitrogen and oxygen atoms in total. The summed E-state index contributed by atoms with van der Waals surface area (Å²) in [6, 6.07) is 13.7. The van der Waals surface area contributed by atoms with Gasteiger partial charge < -0.3 is 10.1 Å². The zero-order valence-electron chi connectivity index (χ0n) is 17.9. The third-order valence-corrected chi connectivity index (χ3v) is 8.38. The van der Waals surface area contributed by atoms with Gasteiger partial charge in [0.05, 0.1) is 24.0 Å². The van der Waals surface area contributed by atoms with E-state index in [2.05, 4.69) is 27.3 Å². The summed E-state index contributed by atoms with van der Waals surface area (Å²) >= 11 is 1.31. The second-order valence-electron chi connectivity index (χ2n) is 7.91. The summed E-state index contributed by atoms with van der Waals surface area (Å²) in [5.74, 6) is 0.214. The lowest BCUT2D eigenvalue weighted by Crippen LogP contribution is -2.40. The minimum absolute atomic E-state index is 0.0339. The Morgan fingerprint density at radius 3 is 2.62 bits per heavy atom. The van der Waals surface area contributed by atoms with Gasteiger partial charge in [0.1, 0.15) is 4.90 Å². The second-order valence-corrected chi connectivity index (χ2v) is 10.8. The molecule has 0 aliphatic carbocycles. The molecule has 10 heteroatoms. The highest BCUT2D eigenvalue weighted by molar-refractivity contribution is 7.99. The molecule has 1 N–H and O–H groups in total. The first-order valence-corrected chi connectivity index (χ1v) is 13.2. The predicted octanol–water partition coefficient (Wildman–Crippen LogP) is 1.59. The van der Waals surface area contributed by atoms with Crippen LogP contribution in [0.15, 0.2) is 58.6 Å². The second kappa shape index (κ2) is 10.8. The third kappa shape index (κ3) is 6.08. The molecule has 32 heavy (non-hydrogen) atoms. The molecule has 0 spiro atoms. The van der Waals surface area contributed by atoms with Crippen LogP contribution in [0.3, 0.4) is 0 Å². The van der Waals surface area contributed by atoms with Crippen molar-refractivity contribution in [2.45, 2.75) is 28.9 Å². The number of hydrogen-bond donors (Lipinski definition) is 1. The van der Waals surface area contributed by atoms with Crippen molar-refractivity contribution in [1.82, 2.24) is 19.5 Å². The summed E-state index contributed by atoms with van der Waals surface area (Å²) in [5.41, 5.74) is 1.28. The lowest BCUT2D eigenvalue weighted by Gasteiger charge is -2.25. The van der Waals surface area contributed by atoms with Crippen LogP contribution in [0, 0.1) is 0 Å². The Kier molecular flexibility index (Phi) is 7.80. The van der Waals surface area contributed by atoms with Gasteiger partial charge in [0.2, 0.25) is 15.9 Å². The van der Waals surface area contributed by atoms with Crippen molar-refractivity contribution in [1.29, 1.82) is 0 Å². The molecule has 1 aromatic carbocycles. The van der Waals surface area contributed by atoms with Gasteiger partial charge in [-0.25, -0.2) is 13.4 Å². The van der Waals surface area contributed by atoms with Crippen LogP contribution >= 0.6 is 11.8 Å². The van der Waals surface area contributed by atoms with E-state index in [1.807, 2.05) is 18.2 Å². The fraction of sp³-hybridized carbons (Fsp3) is 0.455. The van der Waals surface area contributed by atoms with Gasteiger partial charge in [-0.05, 0) is 24.1 Å². The van der Waals surface area contributed by atoms with Gasteiger partial charge >= 0.3 is 0 Å².